The van der Waals surface area contributed by atoms with Gasteiger partial charge in [0.1, 0.15) is 0 Å². The number of rotatable bonds is 5. The van der Waals surface area contributed by atoms with Crippen molar-refractivity contribution in [1.82, 2.24) is 9.88 Å². The highest BCUT2D eigenvalue weighted by Gasteiger charge is 2.20. The molecular formula is C16H27N3OS2. The highest BCUT2D eigenvalue weighted by atomic mass is 32.2. The van der Waals surface area contributed by atoms with Gasteiger partial charge in [0.2, 0.25) is 5.91 Å². The first-order valence-electron chi connectivity index (χ1n) is 8.02. The molecule has 6 heteroatoms. The average molecular weight is 342 g/mol. The third-order valence-corrected chi connectivity index (χ3v) is 5.80. The molecule has 1 amide bonds. The molecule has 0 radical (unpaired) electrons. The van der Waals surface area contributed by atoms with Crippen molar-refractivity contribution in [3.63, 3.8) is 0 Å². The molecular weight excluding hydrogens is 314 g/mol. The minimum atomic E-state index is 0.292. The average Bonchev–Trinajstić information content (AvgIpc) is 2.87. The topological polar surface area (TPSA) is 36.4 Å². The zero-order valence-electron chi connectivity index (χ0n) is 13.9. The molecule has 1 aliphatic rings. The Hall–Kier alpha value is -0.750. The van der Waals surface area contributed by atoms with E-state index in [0.717, 1.165) is 49.9 Å². The summed E-state index contributed by atoms with van der Waals surface area (Å²) in [7, 11) is 0. The van der Waals surface area contributed by atoms with Gasteiger partial charge in [-0.3, -0.25) is 4.79 Å². The number of anilines is 1. The van der Waals surface area contributed by atoms with Crippen LogP contribution in [0.2, 0.25) is 0 Å². The van der Waals surface area contributed by atoms with E-state index in [1.165, 1.54) is 0 Å². The second-order valence-electron chi connectivity index (χ2n) is 6.60. The molecule has 0 saturated carbocycles. The molecule has 0 aromatic carbocycles. The van der Waals surface area contributed by atoms with Crippen LogP contribution < -0.4 is 4.90 Å². The van der Waals surface area contributed by atoms with E-state index < -0.39 is 0 Å². The summed E-state index contributed by atoms with van der Waals surface area (Å²) in [5.41, 5.74) is 0. The molecule has 1 aromatic rings. The number of nitrogens with zero attached hydrogens (tertiary/aromatic N) is 3. The molecule has 0 unspecified atom stereocenters. The minimum Gasteiger partial charge on any atom is -0.346 e. The van der Waals surface area contributed by atoms with Crippen molar-refractivity contribution >= 4 is 34.1 Å². The van der Waals surface area contributed by atoms with Crippen molar-refractivity contribution in [2.24, 2.45) is 0 Å². The Labute approximate surface area is 142 Å². The molecule has 0 atom stereocenters. The summed E-state index contributed by atoms with van der Waals surface area (Å²) in [5, 5.41) is 3.09. The SMILES string of the molecule is CC(C)(C)SCCCC(=O)N1CCCN(c2nccs2)CC1. The van der Waals surface area contributed by atoms with Crippen LogP contribution in [-0.2, 0) is 4.79 Å². The van der Waals surface area contributed by atoms with Gasteiger partial charge in [-0.15, -0.1) is 11.3 Å². The summed E-state index contributed by atoms with van der Waals surface area (Å²) < 4.78 is 0.292. The number of thioether (sulfide) groups is 1. The van der Waals surface area contributed by atoms with E-state index in [1.807, 2.05) is 28.2 Å². The van der Waals surface area contributed by atoms with Crippen LogP contribution in [0.4, 0.5) is 5.13 Å². The Morgan fingerprint density at radius 3 is 2.82 bits per heavy atom. The minimum absolute atomic E-state index is 0.292. The fourth-order valence-corrected chi connectivity index (χ4v) is 4.09. The van der Waals surface area contributed by atoms with Crippen molar-refractivity contribution in [3.8, 4) is 0 Å². The van der Waals surface area contributed by atoms with Gasteiger partial charge in [-0.05, 0) is 18.6 Å². The molecule has 2 heterocycles. The van der Waals surface area contributed by atoms with Gasteiger partial charge in [0, 0.05) is 48.9 Å². The van der Waals surface area contributed by atoms with Crippen LogP contribution >= 0.6 is 23.1 Å². The van der Waals surface area contributed by atoms with Crippen LogP contribution in [0.3, 0.4) is 0 Å². The number of aromatic nitrogens is 1. The molecule has 1 saturated heterocycles. The quantitative estimate of drug-likeness (QED) is 0.768. The van der Waals surface area contributed by atoms with Crippen LogP contribution in [-0.4, -0.2) is 52.5 Å². The van der Waals surface area contributed by atoms with Gasteiger partial charge in [-0.1, -0.05) is 20.8 Å². The van der Waals surface area contributed by atoms with Crippen LogP contribution in [0.1, 0.15) is 40.0 Å². The van der Waals surface area contributed by atoms with Crippen molar-refractivity contribution in [3.05, 3.63) is 11.6 Å². The van der Waals surface area contributed by atoms with E-state index in [9.17, 15) is 4.79 Å². The van der Waals surface area contributed by atoms with Crippen LogP contribution in [0.15, 0.2) is 11.6 Å². The van der Waals surface area contributed by atoms with Gasteiger partial charge >= 0.3 is 0 Å². The number of hydrogen-bond acceptors (Lipinski definition) is 5. The second kappa shape index (κ2) is 8.20. The van der Waals surface area contributed by atoms with E-state index in [2.05, 4.69) is 30.7 Å². The van der Waals surface area contributed by atoms with Gasteiger partial charge < -0.3 is 9.80 Å². The Morgan fingerprint density at radius 1 is 1.32 bits per heavy atom. The smallest absolute Gasteiger partial charge is 0.222 e. The highest BCUT2D eigenvalue weighted by Crippen LogP contribution is 2.24. The molecule has 1 aromatic heterocycles. The molecule has 0 bridgehead atoms. The molecule has 0 aliphatic carbocycles. The summed E-state index contributed by atoms with van der Waals surface area (Å²) >= 11 is 3.62. The fourth-order valence-electron chi connectivity index (χ4n) is 2.49. The second-order valence-corrected chi connectivity index (χ2v) is 9.40. The lowest BCUT2D eigenvalue weighted by Crippen LogP contribution is -2.35. The number of carbonyl (C=O) groups is 1. The summed E-state index contributed by atoms with van der Waals surface area (Å²) in [6.07, 6.45) is 4.54. The molecule has 2 rings (SSSR count). The molecule has 22 heavy (non-hydrogen) atoms. The summed E-state index contributed by atoms with van der Waals surface area (Å²) in [6, 6.07) is 0. The predicted octanol–water partition coefficient (Wildman–Crippen LogP) is 3.49. The van der Waals surface area contributed by atoms with Gasteiger partial charge in [0.25, 0.3) is 0 Å². The highest BCUT2D eigenvalue weighted by molar-refractivity contribution is 8.00. The molecule has 0 spiro atoms. The van der Waals surface area contributed by atoms with E-state index in [4.69, 9.17) is 0 Å². The normalized spacial score (nSPS) is 16.7. The van der Waals surface area contributed by atoms with Crippen LogP contribution in [0.25, 0.3) is 0 Å². The maximum Gasteiger partial charge on any atom is 0.222 e. The van der Waals surface area contributed by atoms with Gasteiger partial charge in [-0.25, -0.2) is 4.98 Å². The van der Waals surface area contributed by atoms with Gasteiger partial charge in [0.15, 0.2) is 5.13 Å². The first kappa shape index (κ1) is 17.6. The summed E-state index contributed by atoms with van der Waals surface area (Å²) in [6.45, 7) is 10.3. The number of thiazole rings is 1. The lowest BCUT2D eigenvalue weighted by Gasteiger charge is -2.22. The van der Waals surface area contributed by atoms with Gasteiger partial charge in [0.05, 0.1) is 0 Å². The molecule has 124 valence electrons. The van der Waals surface area contributed by atoms with E-state index in [-0.39, 0.29) is 0 Å². The largest absolute Gasteiger partial charge is 0.346 e. The Bertz CT molecular complexity index is 456. The summed E-state index contributed by atoms with van der Waals surface area (Å²) in [5.74, 6) is 1.38. The monoisotopic (exact) mass is 341 g/mol. The van der Waals surface area contributed by atoms with E-state index in [0.29, 0.717) is 17.1 Å². The van der Waals surface area contributed by atoms with Crippen molar-refractivity contribution in [1.29, 1.82) is 0 Å². The third-order valence-electron chi connectivity index (χ3n) is 3.61. The van der Waals surface area contributed by atoms with E-state index >= 15 is 0 Å². The van der Waals surface area contributed by atoms with Gasteiger partial charge in [-0.2, -0.15) is 11.8 Å². The maximum absolute atomic E-state index is 12.4. The van der Waals surface area contributed by atoms with Crippen molar-refractivity contribution in [2.75, 3.05) is 36.8 Å². The molecule has 1 aliphatic heterocycles. The molecule has 4 nitrogen and oxygen atoms in total. The first-order chi connectivity index (χ1) is 10.5. The Morgan fingerprint density at radius 2 is 2.14 bits per heavy atom. The lowest BCUT2D eigenvalue weighted by atomic mass is 10.2. The lowest BCUT2D eigenvalue weighted by molar-refractivity contribution is -0.130. The third kappa shape index (κ3) is 5.80. The standard InChI is InChI=1S/C16H27N3OS2/c1-16(2,3)22-12-4-6-14(20)18-8-5-9-19(11-10-18)15-17-7-13-21-15/h7,13H,4-6,8-12H2,1-3H3. The molecule has 0 N–H and O–H groups in total. The van der Waals surface area contributed by atoms with Crippen molar-refractivity contribution in [2.45, 2.75) is 44.8 Å². The van der Waals surface area contributed by atoms with Crippen LogP contribution in [0, 0.1) is 0 Å². The summed E-state index contributed by atoms with van der Waals surface area (Å²) in [4.78, 5) is 21.1. The zero-order valence-corrected chi connectivity index (χ0v) is 15.5. The number of carbonyl (C=O) groups excluding carboxylic acids is 1. The maximum atomic E-state index is 12.4. The Balaban J connectivity index is 1.72. The molecule has 1 fully saturated rings. The fraction of sp³-hybridized carbons (Fsp3) is 0.750. The Kier molecular flexibility index (Phi) is 6.56. The number of amides is 1. The van der Waals surface area contributed by atoms with Crippen molar-refractivity contribution < 1.29 is 4.79 Å². The first-order valence-corrected chi connectivity index (χ1v) is 9.88. The zero-order chi connectivity index (χ0) is 16.0. The van der Waals surface area contributed by atoms with E-state index in [1.54, 1.807) is 11.3 Å². The number of hydrogen-bond donors (Lipinski definition) is 0. The van der Waals surface area contributed by atoms with Crippen LogP contribution in [0.5, 0.6) is 0 Å². The predicted molar refractivity (Wildman–Crippen MR) is 97.0 cm³/mol.